The molecule has 2 rings (SSSR count). The molecule has 4 N–H and O–H groups in total. The molecule has 8 nitrogen and oxygen atoms in total. The van der Waals surface area contributed by atoms with Gasteiger partial charge in [0.15, 0.2) is 0 Å². The zero-order valence-electron chi connectivity index (χ0n) is 14.9. The number of aryl methyl sites for hydroxylation is 1. The van der Waals surface area contributed by atoms with Crippen LogP contribution in [0.4, 0.5) is 11.4 Å². The van der Waals surface area contributed by atoms with E-state index >= 15 is 0 Å². The van der Waals surface area contributed by atoms with E-state index in [1.807, 2.05) is 0 Å². The summed E-state index contributed by atoms with van der Waals surface area (Å²) in [5.41, 5.74) is 1.00. The highest BCUT2D eigenvalue weighted by Gasteiger charge is 2.18. The summed E-state index contributed by atoms with van der Waals surface area (Å²) in [5, 5.41) is 7.81. The maximum atomic E-state index is 12.6. The number of para-hydroxylation sites is 1. The number of primary sulfonamides is 1. The minimum absolute atomic E-state index is 0.0669. The van der Waals surface area contributed by atoms with E-state index in [0.29, 0.717) is 12.0 Å². The number of hydrogen-bond donors (Lipinski definition) is 3. The fourth-order valence-corrected chi connectivity index (χ4v) is 3.92. The van der Waals surface area contributed by atoms with Crippen molar-refractivity contribution in [2.24, 2.45) is 5.14 Å². The van der Waals surface area contributed by atoms with Crippen LogP contribution in [0.15, 0.2) is 47.4 Å². The summed E-state index contributed by atoms with van der Waals surface area (Å²) in [4.78, 5) is 12.5. The lowest BCUT2D eigenvalue weighted by Gasteiger charge is -2.13. The first-order valence-corrected chi connectivity index (χ1v) is 11.3. The van der Waals surface area contributed by atoms with Crippen molar-refractivity contribution in [3.8, 4) is 0 Å². The van der Waals surface area contributed by atoms with E-state index in [1.165, 1.54) is 25.1 Å². The number of nitrogens with two attached hydrogens (primary N) is 1. The van der Waals surface area contributed by atoms with Gasteiger partial charge in [0.25, 0.3) is 5.91 Å². The molecular formula is C17H21N3O5S2. The average molecular weight is 412 g/mol. The summed E-state index contributed by atoms with van der Waals surface area (Å²) in [7, 11) is -7.51. The topological polar surface area (TPSA) is 135 Å². The van der Waals surface area contributed by atoms with Gasteiger partial charge in [-0.05, 0) is 43.2 Å². The van der Waals surface area contributed by atoms with E-state index < -0.39 is 26.0 Å². The molecule has 0 atom stereocenters. The van der Waals surface area contributed by atoms with Gasteiger partial charge in [-0.2, -0.15) is 0 Å². The van der Waals surface area contributed by atoms with Crippen molar-refractivity contribution < 1.29 is 21.6 Å². The third-order valence-corrected chi connectivity index (χ3v) is 6.11. The van der Waals surface area contributed by atoms with Crippen molar-refractivity contribution in [3.05, 3.63) is 53.6 Å². The first kappa shape index (κ1) is 20.9. The first-order chi connectivity index (χ1) is 12.6. The Labute approximate surface area is 158 Å². The largest absolute Gasteiger partial charge is 0.322 e. The van der Waals surface area contributed by atoms with Gasteiger partial charge in [0.2, 0.25) is 20.0 Å². The quantitative estimate of drug-likeness (QED) is 0.639. The molecule has 0 saturated heterocycles. The van der Waals surface area contributed by atoms with Crippen LogP contribution in [-0.2, 0) is 26.5 Å². The zero-order chi connectivity index (χ0) is 20.2. The molecular weight excluding hydrogens is 390 g/mol. The van der Waals surface area contributed by atoms with E-state index in [4.69, 9.17) is 5.14 Å². The average Bonchev–Trinajstić information content (AvgIpc) is 2.61. The second-order valence-corrected chi connectivity index (χ2v) is 9.27. The molecule has 2 aromatic rings. The monoisotopic (exact) mass is 411 g/mol. The van der Waals surface area contributed by atoms with Crippen molar-refractivity contribution in [2.75, 3.05) is 15.8 Å². The van der Waals surface area contributed by atoms with Crippen LogP contribution in [0.2, 0.25) is 0 Å². The molecule has 2 aromatic carbocycles. The third kappa shape index (κ3) is 5.28. The number of carbonyl (C=O) groups excluding carboxylic acids is 1. The maximum Gasteiger partial charge on any atom is 0.257 e. The Morgan fingerprint density at radius 3 is 2.30 bits per heavy atom. The lowest BCUT2D eigenvalue weighted by Crippen LogP contribution is -2.20. The number of nitrogens with one attached hydrogen (secondary N) is 2. The standard InChI is InChI=1S/C17H21N3O5S2/c1-3-12-9-10-13(11-16(12)27(18,24)25)19-17(21)14-7-5-6-8-15(14)20-26(22,23)4-2/h5-11,20H,3-4H2,1-2H3,(H,19,21)(H2,18,24,25). The minimum Gasteiger partial charge on any atom is -0.322 e. The van der Waals surface area contributed by atoms with Crippen LogP contribution < -0.4 is 15.2 Å². The van der Waals surface area contributed by atoms with Gasteiger partial charge >= 0.3 is 0 Å². The Balaban J connectivity index is 2.37. The van der Waals surface area contributed by atoms with Gasteiger partial charge in [-0.3, -0.25) is 9.52 Å². The molecule has 0 aliphatic rings. The van der Waals surface area contributed by atoms with E-state index in [0.717, 1.165) is 0 Å². The van der Waals surface area contributed by atoms with Crippen LogP contribution in [-0.4, -0.2) is 28.5 Å². The highest BCUT2D eigenvalue weighted by atomic mass is 32.2. The molecule has 0 aromatic heterocycles. The van der Waals surface area contributed by atoms with Gasteiger partial charge in [0, 0.05) is 5.69 Å². The fourth-order valence-electron chi connectivity index (χ4n) is 2.40. The predicted octanol–water partition coefficient (Wildman–Crippen LogP) is 1.91. The minimum atomic E-state index is -3.95. The number of anilines is 2. The first-order valence-electron chi connectivity index (χ1n) is 8.14. The number of rotatable bonds is 7. The number of amides is 1. The van der Waals surface area contributed by atoms with Gasteiger partial charge in [0.1, 0.15) is 0 Å². The van der Waals surface area contributed by atoms with Gasteiger partial charge < -0.3 is 5.32 Å². The molecule has 1 amide bonds. The second-order valence-electron chi connectivity index (χ2n) is 5.73. The van der Waals surface area contributed by atoms with Gasteiger partial charge in [0.05, 0.1) is 21.9 Å². The molecule has 0 fully saturated rings. The maximum absolute atomic E-state index is 12.6. The number of carbonyl (C=O) groups is 1. The van der Waals surface area contributed by atoms with E-state index in [2.05, 4.69) is 10.0 Å². The van der Waals surface area contributed by atoms with Crippen LogP contribution >= 0.6 is 0 Å². The number of sulfonamides is 2. The molecule has 0 aliphatic heterocycles. The molecule has 0 heterocycles. The molecule has 10 heteroatoms. The van der Waals surface area contributed by atoms with E-state index in [-0.39, 0.29) is 27.6 Å². The Morgan fingerprint density at radius 2 is 1.70 bits per heavy atom. The van der Waals surface area contributed by atoms with Crippen molar-refractivity contribution in [3.63, 3.8) is 0 Å². The van der Waals surface area contributed by atoms with Crippen molar-refractivity contribution in [2.45, 2.75) is 25.2 Å². The fraction of sp³-hybridized carbons (Fsp3) is 0.235. The Hall–Kier alpha value is -2.43. The van der Waals surface area contributed by atoms with Crippen LogP contribution in [0.3, 0.4) is 0 Å². The van der Waals surface area contributed by atoms with Gasteiger partial charge in [-0.25, -0.2) is 22.0 Å². The third-order valence-electron chi connectivity index (χ3n) is 3.83. The molecule has 0 saturated carbocycles. The Morgan fingerprint density at radius 1 is 1.04 bits per heavy atom. The molecule has 146 valence electrons. The predicted molar refractivity (Wildman–Crippen MR) is 105 cm³/mol. The zero-order valence-corrected chi connectivity index (χ0v) is 16.5. The van der Waals surface area contributed by atoms with Crippen LogP contribution in [0.1, 0.15) is 29.8 Å². The van der Waals surface area contributed by atoms with E-state index in [9.17, 15) is 21.6 Å². The summed E-state index contributed by atoms with van der Waals surface area (Å²) in [6, 6.07) is 10.5. The smallest absolute Gasteiger partial charge is 0.257 e. The highest BCUT2D eigenvalue weighted by molar-refractivity contribution is 7.92. The van der Waals surface area contributed by atoms with Crippen LogP contribution in [0.25, 0.3) is 0 Å². The SMILES string of the molecule is CCc1ccc(NC(=O)c2ccccc2NS(=O)(=O)CC)cc1S(N)(=O)=O. The van der Waals surface area contributed by atoms with E-state index in [1.54, 1.807) is 31.2 Å². The second kappa shape index (κ2) is 8.07. The highest BCUT2D eigenvalue weighted by Crippen LogP contribution is 2.23. The summed E-state index contributed by atoms with van der Waals surface area (Å²) < 4.78 is 49.5. The number of benzene rings is 2. The van der Waals surface area contributed by atoms with Gasteiger partial charge in [-0.1, -0.05) is 25.1 Å². The number of hydrogen-bond acceptors (Lipinski definition) is 5. The van der Waals surface area contributed by atoms with Crippen molar-refractivity contribution in [1.82, 2.24) is 0 Å². The lowest BCUT2D eigenvalue weighted by molar-refractivity contribution is 0.102. The Kier molecular flexibility index (Phi) is 6.24. The van der Waals surface area contributed by atoms with Crippen LogP contribution in [0.5, 0.6) is 0 Å². The lowest BCUT2D eigenvalue weighted by atomic mass is 10.1. The summed E-state index contributed by atoms with van der Waals surface area (Å²) in [5.74, 6) is -0.729. The molecule has 0 radical (unpaired) electrons. The Bertz CT molecular complexity index is 1060. The molecule has 27 heavy (non-hydrogen) atoms. The molecule has 0 aliphatic carbocycles. The molecule has 0 unspecified atom stereocenters. The summed E-state index contributed by atoms with van der Waals surface area (Å²) in [6.45, 7) is 3.27. The summed E-state index contributed by atoms with van der Waals surface area (Å²) in [6.07, 6.45) is 0.460. The van der Waals surface area contributed by atoms with Gasteiger partial charge in [-0.15, -0.1) is 0 Å². The normalized spacial score (nSPS) is 11.8. The van der Waals surface area contributed by atoms with Crippen molar-refractivity contribution >= 4 is 37.3 Å². The molecule has 0 spiro atoms. The summed E-state index contributed by atoms with van der Waals surface area (Å²) >= 11 is 0. The molecule has 0 bridgehead atoms. The van der Waals surface area contributed by atoms with Crippen LogP contribution in [0, 0.1) is 0 Å². The van der Waals surface area contributed by atoms with Crippen molar-refractivity contribution in [1.29, 1.82) is 0 Å².